The van der Waals surface area contributed by atoms with Crippen LogP contribution in [0.1, 0.15) is 65.3 Å². The number of likely N-dealkylation sites (tertiary alicyclic amines) is 1. The van der Waals surface area contributed by atoms with Crippen LogP contribution in [0.25, 0.3) is 11.0 Å². The third-order valence-corrected chi connectivity index (χ3v) is 9.85. The van der Waals surface area contributed by atoms with Crippen molar-refractivity contribution in [2.45, 2.75) is 51.1 Å². The minimum Gasteiger partial charge on any atom is -0.353 e. The second-order valence-electron chi connectivity index (χ2n) is 12.1. The molecule has 2 fully saturated rings. The van der Waals surface area contributed by atoms with Crippen LogP contribution in [0, 0.1) is 17.2 Å². The number of hydrogen-bond acceptors (Lipinski definition) is 7. The molecular formula is C34H33N7O3. The number of benzene rings is 2. The van der Waals surface area contributed by atoms with Crippen LogP contribution in [-0.2, 0) is 11.3 Å². The lowest BCUT2D eigenvalue weighted by atomic mass is 9.74. The van der Waals surface area contributed by atoms with Gasteiger partial charge in [-0.1, -0.05) is 44.2 Å². The van der Waals surface area contributed by atoms with Gasteiger partial charge in [-0.15, -0.1) is 0 Å². The third-order valence-electron chi connectivity index (χ3n) is 9.85. The number of nitriles is 1. The number of aromatic nitrogens is 3. The van der Waals surface area contributed by atoms with Crippen LogP contribution < -0.4 is 9.80 Å². The molecule has 2 amide bonds. The zero-order chi connectivity index (χ0) is 30.6. The molecule has 0 N–H and O–H groups in total. The monoisotopic (exact) mass is 587 g/mol. The zero-order valence-electron chi connectivity index (χ0n) is 24.8. The van der Waals surface area contributed by atoms with E-state index in [9.17, 15) is 14.4 Å². The maximum absolute atomic E-state index is 14.0. The molecule has 222 valence electrons. The average Bonchev–Trinajstić information content (AvgIpc) is 3.78. The predicted molar refractivity (Wildman–Crippen MR) is 165 cm³/mol. The van der Waals surface area contributed by atoms with Crippen molar-refractivity contribution >= 4 is 40.3 Å². The lowest BCUT2D eigenvalue weighted by molar-refractivity contribution is -0.152. The molecule has 1 spiro atoms. The van der Waals surface area contributed by atoms with Crippen LogP contribution in [0.3, 0.4) is 0 Å². The van der Waals surface area contributed by atoms with E-state index in [1.54, 1.807) is 15.7 Å². The normalized spacial score (nSPS) is 21.4. The van der Waals surface area contributed by atoms with Crippen molar-refractivity contribution < 1.29 is 14.4 Å². The lowest BCUT2D eigenvalue weighted by Gasteiger charge is -2.55. The number of rotatable bonds is 6. The molecule has 0 radical (unpaired) electrons. The number of carbonyl (C=O) groups is 3. The topological polar surface area (TPSA) is 115 Å². The summed E-state index contributed by atoms with van der Waals surface area (Å²) in [7, 11) is 0. The van der Waals surface area contributed by atoms with E-state index < -0.39 is 5.92 Å². The number of amides is 2. The summed E-state index contributed by atoms with van der Waals surface area (Å²) in [6, 6.07) is 19.2. The highest BCUT2D eigenvalue weighted by molar-refractivity contribution is 6.10. The summed E-state index contributed by atoms with van der Waals surface area (Å²) in [5, 5.41) is 9.84. The third kappa shape index (κ3) is 4.18. The van der Waals surface area contributed by atoms with Gasteiger partial charge in [-0.3, -0.25) is 19.0 Å². The Balaban J connectivity index is 1.12. The van der Waals surface area contributed by atoms with Gasteiger partial charge < -0.3 is 14.7 Å². The molecule has 44 heavy (non-hydrogen) atoms. The van der Waals surface area contributed by atoms with Crippen LogP contribution in [0.15, 0.2) is 67.1 Å². The van der Waals surface area contributed by atoms with Gasteiger partial charge in [0, 0.05) is 37.1 Å². The summed E-state index contributed by atoms with van der Waals surface area (Å²) in [4.78, 5) is 54.5. The second kappa shape index (κ2) is 10.6. The van der Waals surface area contributed by atoms with Crippen molar-refractivity contribution in [1.29, 1.82) is 5.26 Å². The number of carbonyl (C=O) groups excluding carboxylic acids is 3. The summed E-state index contributed by atoms with van der Waals surface area (Å²) in [6.45, 7) is 6.70. The first-order valence-electron chi connectivity index (χ1n) is 15.1. The van der Waals surface area contributed by atoms with Gasteiger partial charge in [0.05, 0.1) is 29.5 Å². The summed E-state index contributed by atoms with van der Waals surface area (Å²) >= 11 is 0. The first-order valence-corrected chi connectivity index (χ1v) is 15.1. The van der Waals surface area contributed by atoms with Crippen LogP contribution in [0.2, 0.25) is 0 Å². The number of anilines is 2. The number of nitrogens with zero attached hydrogens (tertiary/aromatic N) is 7. The van der Waals surface area contributed by atoms with E-state index in [1.807, 2.05) is 72.5 Å². The Kier molecular flexibility index (Phi) is 6.69. The standard InChI is InChI=1S/C34H33N7O3/c1-3-26(23-8-10-25(11-9-23)40-19-24-6-4-5-7-27(24)33(40)44)32(43)39-16-13-28-30(36-21-37-31(28)39)38-17-14-34(20-38)22(2)18-41(34)29(42)12-15-35/h4-11,13,16,21-22,26H,3,12,14,17-20H2,1-2H3/t22-,26?,34-/m0/s1. The first-order chi connectivity index (χ1) is 21.4. The Morgan fingerprint density at radius 1 is 1.11 bits per heavy atom. The molecule has 1 unspecified atom stereocenters. The van der Waals surface area contributed by atoms with Crippen molar-refractivity contribution in [2.24, 2.45) is 5.92 Å². The molecule has 10 nitrogen and oxygen atoms in total. The SMILES string of the molecule is CCC(C(=O)n1ccc2c(N3CC[C@]4(C3)[C@@H](C)CN4C(=O)CC#N)ncnc21)c1ccc(N2Cc3ccccc3C2=O)cc1. The largest absolute Gasteiger partial charge is 0.353 e. The highest BCUT2D eigenvalue weighted by Gasteiger charge is 2.56. The minimum atomic E-state index is -0.393. The van der Waals surface area contributed by atoms with Crippen molar-refractivity contribution in [2.75, 3.05) is 29.4 Å². The molecule has 0 bridgehead atoms. The van der Waals surface area contributed by atoms with Gasteiger partial charge in [0.25, 0.3) is 5.91 Å². The second-order valence-corrected chi connectivity index (χ2v) is 12.1. The quantitative estimate of drug-likeness (QED) is 0.319. The number of fused-ring (bicyclic) bond motifs is 2. The van der Waals surface area contributed by atoms with Gasteiger partial charge in [-0.05, 0) is 54.2 Å². The fourth-order valence-corrected chi connectivity index (χ4v) is 7.35. The van der Waals surface area contributed by atoms with Crippen molar-refractivity contribution in [1.82, 2.24) is 19.4 Å². The van der Waals surface area contributed by atoms with Gasteiger partial charge in [-0.25, -0.2) is 9.97 Å². The molecule has 7 rings (SSSR count). The van der Waals surface area contributed by atoms with E-state index in [4.69, 9.17) is 5.26 Å². The van der Waals surface area contributed by atoms with Crippen LogP contribution in [-0.4, -0.2) is 62.3 Å². The maximum Gasteiger partial charge on any atom is 0.258 e. The van der Waals surface area contributed by atoms with E-state index >= 15 is 0 Å². The Morgan fingerprint density at radius 2 is 1.91 bits per heavy atom. The van der Waals surface area contributed by atoms with Crippen molar-refractivity contribution in [3.8, 4) is 6.07 Å². The van der Waals surface area contributed by atoms with Crippen molar-refractivity contribution in [3.05, 3.63) is 83.8 Å². The molecule has 10 heteroatoms. The molecule has 0 saturated carbocycles. The van der Waals surface area contributed by atoms with E-state index in [1.165, 1.54) is 6.33 Å². The minimum absolute atomic E-state index is 0.0112. The summed E-state index contributed by atoms with van der Waals surface area (Å²) < 4.78 is 1.61. The molecular weight excluding hydrogens is 554 g/mol. The summed E-state index contributed by atoms with van der Waals surface area (Å²) in [5.74, 6) is 0.474. The van der Waals surface area contributed by atoms with Gasteiger partial charge in [0.1, 0.15) is 18.6 Å². The predicted octanol–water partition coefficient (Wildman–Crippen LogP) is 4.77. The molecule has 0 aliphatic carbocycles. The van der Waals surface area contributed by atoms with E-state index in [2.05, 4.69) is 21.8 Å². The molecule has 2 saturated heterocycles. The number of hydrogen-bond donors (Lipinski definition) is 0. The lowest BCUT2D eigenvalue weighted by Crippen LogP contribution is -2.69. The molecule has 2 aromatic carbocycles. The molecule has 3 aliphatic rings. The van der Waals surface area contributed by atoms with Crippen LogP contribution in [0.4, 0.5) is 11.5 Å². The van der Waals surface area contributed by atoms with Crippen LogP contribution in [0.5, 0.6) is 0 Å². The average molecular weight is 588 g/mol. The summed E-state index contributed by atoms with van der Waals surface area (Å²) in [6.07, 6.45) is 4.56. The first kappa shape index (κ1) is 27.8. The highest BCUT2D eigenvalue weighted by Crippen LogP contribution is 2.45. The van der Waals surface area contributed by atoms with E-state index in [0.717, 1.165) is 46.5 Å². The highest BCUT2D eigenvalue weighted by atomic mass is 16.2. The van der Waals surface area contributed by atoms with Gasteiger partial charge in [-0.2, -0.15) is 5.26 Å². The maximum atomic E-state index is 14.0. The Morgan fingerprint density at radius 3 is 2.64 bits per heavy atom. The Labute approximate surface area is 255 Å². The molecule has 3 aliphatic heterocycles. The fraction of sp³-hybridized carbons (Fsp3) is 0.353. The van der Waals surface area contributed by atoms with Crippen LogP contribution >= 0.6 is 0 Å². The smallest absolute Gasteiger partial charge is 0.258 e. The van der Waals surface area contributed by atoms with Gasteiger partial charge in [0.15, 0.2) is 5.65 Å². The fourth-order valence-electron chi connectivity index (χ4n) is 7.35. The Hall–Kier alpha value is -5.04. The molecule has 3 atom stereocenters. The molecule has 4 aromatic rings. The van der Waals surface area contributed by atoms with Gasteiger partial charge in [0.2, 0.25) is 11.8 Å². The molecule has 2 aromatic heterocycles. The molecule has 5 heterocycles. The Bertz CT molecular complexity index is 1840. The van der Waals surface area contributed by atoms with Crippen molar-refractivity contribution in [3.63, 3.8) is 0 Å². The van der Waals surface area contributed by atoms with E-state index in [-0.39, 0.29) is 29.7 Å². The van der Waals surface area contributed by atoms with Gasteiger partial charge >= 0.3 is 0 Å². The van der Waals surface area contributed by atoms with E-state index in [0.29, 0.717) is 37.6 Å². The zero-order valence-corrected chi connectivity index (χ0v) is 24.8. The summed E-state index contributed by atoms with van der Waals surface area (Å²) in [5.41, 5.74) is 3.68.